The number of methoxy groups -OCH3 is 1. The maximum atomic E-state index is 14.0. The third kappa shape index (κ3) is 4.93. The molecule has 6 nitrogen and oxygen atoms in total. The van der Waals surface area contributed by atoms with E-state index in [9.17, 15) is 13.6 Å². The van der Waals surface area contributed by atoms with Gasteiger partial charge >= 0.3 is 0 Å². The molecule has 1 saturated carbocycles. The number of nitrogens with zero attached hydrogens (tertiary/aromatic N) is 3. The van der Waals surface area contributed by atoms with Crippen molar-refractivity contribution < 1.29 is 23.0 Å². The van der Waals surface area contributed by atoms with Gasteiger partial charge in [-0.25, -0.2) is 18.7 Å². The van der Waals surface area contributed by atoms with Gasteiger partial charge < -0.3 is 14.3 Å². The molecule has 0 amide bonds. The van der Waals surface area contributed by atoms with Crippen LogP contribution in [0.2, 0.25) is 0 Å². The molecule has 0 bridgehead atoms. The molecule has 0 spiro atoms. The van der Waals surface area contributed by atoms with E-state index in [1.54, 1.807) is 39.3 Å². The Bertz CT molecular complexity index is 1190. The van der Waals surface area contributed by atoms with Gasteiger partial charge in [-0.15, -0.1) is 0 Å². The van der Waals surface area contributed by atoms with E-state index in [1.165, 1.54) is 25.5 Å². The van der Waals surface area contributed by atoms with E-state index in [0.717, 1.165) is 6.20 Å². The van der Waals surface area contributed by atoms with Gasteiger partial charge in [0.25, 0.3) is 7.28 Å². The van der Waals surface area contributed by atoms with Gasteiger partial charge in [-0.05, 0) is 49.6 Å². The molecule has 0 aliphatic heterocycles. The fraction of sp³-hybridized carbons (Fsp3) is 0.333. The Hall–Kier alpha value is -3.20. The number of halogens is 2. The topological polar surface area (TPSA) is 74.2 Å². The van der Waals surface area contributed by atoms with E-state index in [4.69, 9.17) is 9.47 Å². The SMILES string of the molecule is COCc1nc(C)ncc1OC[C@@]1(c2cccc(F)c2)C[C@H]1C(=O)[B]c1cc(C)c(F)cn1. The second kappa shape index (κ2) is 9.35. The van der Waals surface area contributed by atoms with Gasteiger partial charge in [0, 0.05) is 24.0 Å². The van der Waals surface area contributed by atoms with Crippen molar-refractivity contribution in [3.63, 3.8) is 0 Å². The van der Waals surface area contributed by atoms with Crippen molar-refractivity contribution in [2.45, 2.75) is 32.3 Å². The fourth-order valence-electron chi connectivity index (χ4n) is 4.00. The first-order valence-corrected chi connectivity index (χ1v) is 10.5. The summed E-state index contributed by atoms with van der Waals surface area (Å²) in [5.74, 6) is -0.200. The number of pyridine rings is 1. The van der Waals surface area contributed by atoms with E-state index in [2.05, 4.69) is 15.0 Å². The molecule has 1 radical (unpaired) electrons. The monoisotopic (exact) mass is 450 g/mol. The van der Waals surface area contributed by atoms with Crippen molar-refractivity contribution in [2.75, 3.05) is 13.7 Å². The Kier molecular flexibility index (Phi) is 6.51. The normalized spacial score (nSPS) is 19.2. The van der Waals surface area contributed by atoms with E-state index < -0.39 is 17.2 Å². The van der Waals surface area contributed by atoms with Crippen LogP contribution in [0.25, 0.3) is 0 Å². The number of carbonyl (C=O) groups excluding carboxylic acids is 1. The van der Waals surface area contributed by atoms with Crippen molar-refractivity contribution in [1.29, 1.82) is 0 Å². The molecular weight excluding hydrogens is 427 g/mol. The van der Waals surface area contributed by atoms with Gasteiger partial charge in [-0.3, -0.25) is 4.98 Å². The quantitative estimate of drug-likeness (QED) is 0.467. The van der Waals surface area contributed by atoms with Gasteiger partial charge in [-0.2, -0.15) is 0 Å². The smallest absolute Gasteiger partial charge is 0.267 e. The predicted octanol–water partition coefficient (Wildman–Crippen LogP) is 2.81. The van der Waals surface area contributed by atoms with Gasteiger partial charge in [0.15, 0.2) is 5.75 Å². The highest BCUT2D eigenvalue weighted by molar-refractivity contribution is 6.84. The molecular formula is C24H23BF2N3O3. The van der Waals surface area contributed by atoms with E-state index in [-0.39, 0.29) is 24.7 Å². The highest BCUT2D eigenvalue weighted by atomic mass is 19.1. The fourth-order valence-corrected chi connectivity index (χ4v) is 4.00. The van der Waals surface area contributed by atoms with Crippen molar-refractivity contribution in [3.05, 3.63) is 77.0 Å². The first-order valence-electron chi connectivity index (χ1n) is 10.5. The molecule has 9 heteroatoms. The van der Waals surface area contributed by atoms with Gasteiger partial charge in [0.1, 0.15) is 23.2 Å². The summed E-state index contributed by atoms with van der Waals surface area (Å²) >= 11 is 0. The zero-order valence-corrected chi connectivity index (χ0v) is 18.6. The molecule has 0 unspecified atom stereocenters. The van der Waals surface area contributed by atoms with E-state index in [0.29, 0.717) is 40.4 Å². The summed E-state index contributed by atoms with van der Waals surface area (Å²) in [6, 6.07) is 7.72. The molecule has 3 aromatic rings. The lowest BCUT2D eigenvalue weighted by Gasteiger charge is -2.20. The zero-order valence-electron chi connectivity index (χ0n) is 18.6. The number of carbonyl (C=O) groups is 1. The molecule has 33 heavy (non-hydrogen) atoms. The maximum absolute atomic E-state index is 14.0. The number of benzene rings is 1. The van der Waals surface area contributed by atoms with Crippen LogP contribution in [0.1, 0.15) is 29.1 Å². The minimum Gasteiger partial charge on any atom is -0.489 e. The highest BCUT2D eigenvalue weighted by Crippen LogP contribution is 2.55. The van der Waals surface area contributed by atoms with Crippen LogP contribution in [0, 0.1) is 31.4 Å². The Morgan fingerprint density at radius 3 is 2.76 bits per heavy atom. The molecule has 2 aromatic heterocycles. The summed E-state index contributed by atoms with van der Waals surface area (Å²) in [5.41, 5.74) is 1.19. The molecule has 0 saturated heterocycles. The van der Waals surface area contributed by atoms with Crippen LogP contribution in [0.4, 0.5) is 8.78 Å². The maximum Gasteiger partial charge on any atom is 0.267 e. The largest absolute Gasteiger partial charge is 0.489 e. The number of aryl methyl sites for hydroxylation is 2. The van der Waals surface area contributed by atoms with Crippen LogP contribution < -0.4 is 10.3 Å². The lowest BCUT2D eigenvalue weighted by Crippen LogP contribution is -2.32. The summed E-state index contributed by atoms with van der Waals surface area (Å²) in [4.78, 5) is 25.6. The van der Waals surface area contributed by atoms with Crippen LogP contribution in [0.3, 0.4) is 0 Å². The van der Waals surface area contributed by atoms with Crippen molar-refractivity contribution >= 4 is 18.6 Å². The molecule has 2 heterocycles. The number of hydrogen-bond donors (Lipinski definition) is 0. The zero-order chi connectivity index (χ0) is 23.6. The summed E-state index contributed by atoms with van der Waals surface area (Å²) in [5, 5.41) is 0. The average Bonchev–Trinajstić information content (AvgIpc) is 3.52. The van der Waals surface area contributed by atoms with Crippen LogP contribution in [0.15, 0.2) is 42.7 Å². The van der Waals surface area contributed by atoms with Gasteiger partial charge in [-0.1, -0.05) is 12.1 Å². The predicted molar refractivity (Wildman–Crippen MR) is 118 cm³/mol. The third-order valence-electron chi connectivity index (χ3n) is 5.89. The Morgan fingerprint density at radius 2 is 2.03 bits per heavy atom. The summed E-state index contributed by atoms with van der Waals surface area (Å²) in [6.07, 6.45) is 3.16. The number of rotatable bonds is 9. The Labute approximate surface area is 191 Å². The van der Waals surface area contributed by atoms with Crippen molar-refractivity contribution in [2.24, 2.45) is 5.92 Å². The average molecular weight is 450 g/mol. The van der Waals surface area contributed by atoms with Gasteiger partial charge in [0.2, 0.25) is 0 Å². The summed E-state index contributed by atoms with van der Waals surface area (Å²) in [6.45, 7) is 3.77. The second-order valence-corrected chi connectivity index (χ2v) is 8.28. The molecule has 169 valence electrons. The highest BCUT2D eigenvalue weighted by Gasteiger charge is 2.59. The van der Waals surface area contributed by atoms with Crippen LogP contribution in [-0.2, 0) is 21.6 Å². The minimum atomic E-state index is -0.708. The third-order valence-corrected chi connectivity index (χ3v) is 5.89. The number of ether oxygens (including phenoxy) is 2. The molecule has 1 aliphatic carbocycles. The van der Waals surface area contributed by atoms with Crippen LogP contribution in [0.5, 0.6) is 5.75 Å². The Balaban J connectivity index is 1.58. The first-order chi connectivity index (χ1) is 15.8. The van der Waals surface area contributed by atoms with Crippen LogP contribution in [-0.4, -0.2) is 41.6 Å². The molecule has 4 rings (SSSR count). The minimum absolute atomic E-state index is 0.139. The lowest BCUT2D eigenvalue weighted by atomic mass is 9.66. The molecule has 1 aliphatic rings. The standard InChI is InChI=1S/C24H23BF2N3O3/c1-14-7-22(29-10-19(14)27)25-23(31)18-9-24(18,16-5-4-6-17(26)8-16)13-33-21-11-28-15(2)30-20(21)12-32-3/h4-8,10-11,18H,9,12-13H2,1-3H3/t18-,24+/m0/s1. The molecule has 1 fully saturated rings. The van der Waals surface area contributed by atoms with Crippen molar-refractivity contribution in [3.8, 4) is 5.75 Å². The Morgan fingerprint density at radius 1 is 1.21 bits per heavy atom. The van der Waals surface area contributed by atoms with E-state index >= 15 is 0 Å². The van der Waals surface area contributed by atoms with E-state index in [1.807, 2.05) is 0 Å². The molecule has 1 aromatic carbocycles. The second-order valence-electron chi connectivity index (χ2n) is 8.28. The van der Waals surface area contributed by atoms with Crippen molar-refractivity contribution in [1.82, 2.24) is 15.0 Å². The van der Waals surface area contributed by atoms with Crippen LogP contribution >= 0.6 is 0 Å². The lowest BCUT2D eigenvalue weighted by molar-refractivity contribution is -0.113. The number of hydrogen-bond acceptors (Lipinski definition) is 6. The summed E-state index contributed by atoms with van der Waals surface area (Å²) in [7, 11) is 2.97. The van der Waals surface area contributed by atoms with Gasteiger partial charge in [0.05, 0.1) is 31.3 Å². The first kappa shape index (κ1) is 23.0. The summed E-state index contributed by atoms with van der Waals surface area (Å²) < 4.78 is 38.8. The molecule has 2 atom stereocenters. The molecule has 0 N–H and O–H groups in total. The number of aromatic nitrogens is 3.